The summed E-state index contributed by atoms with van der Waals surface area (Å²) in [5.41, 5.74) is 2.63. The van der Waals surface area contributed by atoms with E-state index >= 15 is 0 Å². The molecular formula is C15H22N2O2. The molecule has 1 aliphatic rings. The fraction of sp³-hybridized carbons (Fsp3) is 0.600. The normalized spacial score (nSPS) is 24.8. The SMILES string of the molecule is CCNC1CC(c2cc([N+](=O)[O-])ccc2C)C1(C)C. The molecule has 1 aromatic rings. The number of nitrogens with one attached hydrogen (secondary N) is 1. The fourth-order valence-corrected chi connectivity index (χ4v) is 3.16. The average molecular weight is 262 g/mol. The van der Waals surface area contributed by atoms with Gasteiger partial charge in [0.2, 0.25) is 0 Å². The van der Waals surface area contributed by atoms with Crippen molar-refractivity contribution in [3.63, 3.8) is 0 Å². The van der Waals surface area contributed by atoms with Gasteiger partial charge in [0.05, 0.1) is 4.92 Å². The molecule has 1 aliphatic carbocycles. The van der Waals surface area contributed by atoms with Crippen LogP contribution in [0.25, 0.3) is 0 Å². The molecule has 0 bridgehead atoms. The van der Waals surface area contributed by atoms with E-state index in [0.717, 1.165) is 24.1 Å². The van der Waals surface area contributed by atoms with E-state index in [-0.39, 0.29) is 16.0 Å². The molecule has 4 heteroatoms. The van der Waals surface area contributed by atoms with E-state index < -0.39 is 0 Å². The summed E-state index contributed by atoms with van der Waals surface area (Å²) in [6.07, 6.45) is 1.06. The molecule has 104 valence electrons. The number of rotatable bonds is 4. The number of nitro groups is 1. The van der Waals surface area contributed by atoms with Crippen LogP contribution in [0.3, 0.4) is 0 Å². The zero-order valence-electron chi connectivity index (χ0n) is 12.1. The van der Waals surface area contributed by atoms with Gasteiger partial charge >= 0.3 is 0 Å². The molecule has 1 N–H and O–H groups in total. The number of non-ortho nitro benzene ring substituents is 1. The lowest BCUT2D eigenvalue weighted by atomic mass is 9.56. The van der Waals surface area contributed by atoms with Crippen molar-refractivity contribution in [2.75, 3.05) is 6.54 Å². The zero-order chi connectivity index (χ0) is 14.2. The Morgan fingerprint density at radius 3 is 2.68 bits per heavy atom. The van der Waals surface area contributed by atoms with Crippen molar-refractivity contribution in [1.82, 2.24) is 5.32 Å². The van der Waals surface area contributed by atoms with Crippen LogP contribution in [-0.2, 0) is 0 Å². The summed E-state index contributed by atoms with van der Waals surface area (Å²) in [6.45, 7) is 9.60. The van der Waals surface area contributed by atoms with Crippen molar-refractivity contribution in [3.05, 3.63) is 39.4 Å². The van der Waals surface area contributed by atoms with Gasteiger partial charge in [-0.1, -0.05) is 26.8 Å². The Kier molecular flexibility index (Phi) is 3.63. The van der Waals surface area contributed by atoms with Crippen LogP contribution in [0.1, 0.15) is 44.2 Å². The molecule has 0 spiro atoms. The summed E-state index contributed by atoms with van der Waals surface area (Å²) in [5.74, 6) is 0.399. The molecular weight excluding hydrogens is 240 g/mol. The first-order valence-electron chi connectivity index (χ1n) is 6.86. The first-order chi connectivity index (χ1) is 8.87. The maximum Gasteiger partial charge on any atom is 0.269 e. The molecule has 1 fully saturated rings. The summed E-state index contributed by atoms with van der Waals surface area (Å²) in [5, 5.41) is 14.4. The van der Waals surface area contributed by atoms with Crippen LogP contribution in [-0.4, -0.2) is 17.5 Å². The van der Waals surface area contributed by atoms with E-state index in [0.29, 0.717) is 12.0 Å². The molecule has 2 rings (SSSR count). The monoisotopic (exact) mass is 262 g/mol. The van der Waals surface area contributed by atoms with Gasteiger partial charge in [0.1, 0.15) is 0 Å². The Morgan fingerprint density at radius 1 is 1.47 bits per heavy atom. The van der Waals surface area contributed by atoms with Crippen molar-refractivity contribution in [1.29, 1.82) is 0 Å². The van der Waals surface area contributed by atoms with Crippen LogP contribution in [0.4, 0.5) is 5.69 Å². The van der Waals surface area contributed by atoms with Gasteiger partial charge in [0, 0.05) is 18.2 Å². The maximum absolute atomic E-state index is 10.9. The molecule has 0 aliphatic heterocycles. The Bertz CT molecular complexity index is 497. The van der Waals surface area contributed by atoms with Gasteiger partial charge < -0.3 is 5.32 Å². The van der Waals surface area contributed by atoms with Gasteiger partial charge in [-0.2, -0.15) is 0 Å². The highest BCUT2D eigenvalue weighted by atomic mass is 16.6. The number of nitro benzene ring substituents is 1. The van der Waals surface area contributed by atoms with Crippen LogP contribution in [0.15, 0.2) is 18.2 Å². The lowest BCUT2D eigenvalue weighted by molar-refractivity contribution is -0.385. The van der Waals surface area contributed by atoms with Crippen LogP contribution in [0.5, 0.6) is 0 Å². The minimum absolute atomic E-state index is 0.149. The highest BCUT2D eigenvalue weighted by molar-refractivity contribution is 5.43. The first kappa shape index (κ1) is 14.0. The Labute approximate surface area is 114 Å². The van der Waals surface area contributed by atoms with E-state index in [1.54, 1.807) is 12.1 Å². The molecule has 1 saturated carbocycles. The second kappa shape index (κ2) is 4.93. The summed E-state index contributed by atoms with van der Waals surface area (Å²) >= 11 is 0. The molecule has 2 unspecified atom stereocenters. The highest BCUT2D eigenvalue weighted by Gasteiger charge is 2.48. The van der Waals surface area contributed by atoms with Crippen molar-refractivity contribution in [3.8, 4) is 0 Å². The van der Waals surface area contributed by atoms with Gasteiger partial charge in [-0.05, 0) is 42.3 Å². The van der Waals surface area contributed by atoms with Crippen LogP contribution in [0.2, 0.25) is 0 Å². The molecule has 19 heavy (non-hydrogen) atoms. The molecule has 1 aromatic carbocycles. The summed E-state index contributed by atoms with van der Waals surface area (Å²) in [7, 11) is 0. The summed E-state index contributed by atoms with van der Waals surface area (Å²) in [6, 6.07) is 5.71. The van der Waals surface area contributed by atoms with Gasteiger partial charge in [0.15, 0.2) is 0 Å². The topological polar surface area (TPSA) is 55.2 Å². The van der Waals surface area contributed by atoms with Crippen molar-refractivity contribution < 1.29 is 4.92 Å². The average Bonchev–Trinajstić information content (AvgIpc) is 2.35. The standard InChI is InChI=1S/C15H22N2O2/c1-5-16-14-9-13(15(14,3)4)12-8-11(17(18)19)7-6-10(12)2/h6-8,13-14,16H,5,9H2,1-4H3. The minimum Gasteiger partial charge on any atom is -0.314 e. The van der Waals surface area contributed by atoms with Crippen molar-refractivity contribution in [2.24, 2.45) is 5.41 Å². The molecule has 2 atom stereocenters. The predicted octanol–water partition coefficient (Wildman–Crippen LogP) is 3.39. The van der Waals surface area contributed by atoms with Gasteiger partial charge in [-0.15, -0.1) is 0 Å². The Morgan fingerprint density at radius 2 is 2.16 bits per heavy atom. The quantitative estimate of drug-likeness (QED) is 0.668. The van der Waals surface area contributed by atoms with E-state index in [9.17, 15) is 10.1 Å². The van der Waals surface area contributed by atoms with E-state index in [4.69, 9.17) is 0 Å². The van der Waals surface area contributed by atoms with E-state index in [1.165, 1.54) is 0 Å². The number of hydrogen-bond donors (Lipinski definition) is 1. The zero-order valence-corrected chi connectivity index (χ0v) is 12.1. The Hall–Kier alpha value is -1.42. The molecule has 0 aromatic heterocycles. The largest absolute Gasteiger partial charge is 0.314 e. The van der Waals surface area contributed by atoms with Crippen LogP contribution >= 0.6 is 0 Å². The Balaban J connectivity index is 2.29. The van der Waals surface area contributed by atoms with E-state index in [2.05, 4.69) is 26.1 Å². The van der Waals surface area contributed by atoms with Gasteiger partial charge in [0.25, 0.3) is 5.69 Å². The third-order valence-corrected chi connectivity index (χ3v) is 4.57. The molecule has 4 nitrogen and oxygen atoms in total. The second-order valence-corrected chi connectivity index (χ2v) is 6.02. The van der Waals surface area contributed by atoms with Crippen LogP contribution in [0, 0.1) is 22.5 Å². The number of benzene rings is 1. The summed E-state index contributed by atoms with van der Waals surface area (Å²) in [4.78, 5) is 10.6. The van der Waals surface area contributed by atoms with Crippen LogP contribution < -0.4 is 5.32 Å². The number of aryl methyl sites for hydroxylation is 1. The third kappa shape index (κ3) is 2.37. The van der Waals surface area contributed by atoms with Crippen molar-refractivity contribution >= 4 is 5.69 Å². The fourth-order valence-electron chi connectivity index (χ4n) is 3.16. The van der Waals surface area contributed by atoms with E-state index in [1.807, 2.05) is 13.0 Å². The van der Waals surface area contributed by atoms with Gasteiger partial charge in [-0.25, -0.2) is 0 Å². The maximum atomic E-state index is 10.9. The lowest BCUT2D eigenvalue weighted by Gasteiger charge is -2.53. The third-order valence-electron chi connectivity index (χ3n) is 4.57. The number of nitrogens with zero attached hydrogens (tertiary/aromatic N) is 1. The highest BCUT2D eigenvalue weighted by Crippen LogP contribution is 2.53. The lowest BCUT2D eigenvalue weighted by Crippen LogP contribution is -2.55. The smallest absolute Gasteiger partial charge is 0.269 e. The second-order valence-electron chi connectivity index (χ2n) is 6.02. The van der Waals surface area contributed by atoms with Crippen molar-refractivity contribution in [2.45, 2.75) is 46.1 Å². The molecule has 0 radical (unpaired) electrons. The predicted molar refractivity (Wildman–Crippen MR) is 76.4 cm³/mol. The van der Waals surface area contributed by atoms with Gasteiger partial charge in [-0.3, -0.25) is 10.1 Å². The molecule has 0 amide bonds. The molecule has 0 saturated heterocycles. The minimum atomic E-state index is -0.309. The summed E-state index contributed by atoms with van der Waals surface area (Å²) < 4.78 is 0. The number of hydrogen-bond acceptors (Lipinski definition) is 3. The molecule has 0 heterocycles. The first-order valence-corrected chi connectivity index (χ1v) is 6.86.